The molecule has 0 aliphatic heterocycles. The molecule has 0 spiro atoms. The third-order valence-electron chi connectivity index (χ3n) is 4.60. The van der Waals surface area contributed by atoms with Crippen molar-refractivity contribution in [2.45, 2.75) is 6.61 Å². The number of carbonyl (C=O) groups is 2. The third-order valence-corrected chi connectivity index (χ3v) is 4.60. The lowest BCUT2D eigenvalue weighted by Crippen LogP contribution is -2.33. The van der Waals surface area contributed by atoms with Gasteiger partial charge in [0.25, 0.3) is 17.0 Å². The minimum absolute atomic E-state index is 0.0295. The molecule has 0 bridgehead atoms. The number of anilines is 1. The van der Waals surface area contributed by atoms with Crippen molar-refractivity contribution < 1.29 is 18.7 Å². The summed E-state index contributed by atoms with van der Waals surface area (Å²) in [6, 6.07) is 15.2. The zero-order valence-corrected chi connectivity index (χ0v) is 16.6. The topological polar surface area (TPSA) is 146 Å². The third kappa shape index (κ3) is 4.43. The largest absolute Gasteiger partial charge is 0.489 e. The van der Waals surface area contributed by atoms with Crippen LogP contribution in [0.3, 0.4) is 0 Å². The second kappa shape index (κ2) is 9.04. The molecule has 4 aromatic rings. The molecule has 0 saturated carbocycles. The number of hydrogen-bond donors (Lipinski definition) is 4. The van der Waals surface area contributed by atoms with Gasteiger partial charge in [-0.2, -0.15) is 0 Å². The number of fused-ring (bicyclic) bond motifs is 1. The Kier molecular flexibility index (Phi) is 5.84. The van der Waals surface area contributed by atoms with Crippen molar-refractivity contribution in [1.29, 1.82) is 0 Å². The van der Waals surface area contributed by atoms with Crippen LogP contribution in [-0.4, -0.2) is 28.6 Å². The van der Waals surface area contributed by atoms with Crippen molar-refractivity contribution in [3.05, 3.63) is 92.9 Å². The van der Waals surface area contributed by atoms with Gasteiger partial charge in [-0.15, -0.1) is 0 Å². The minimum Gasteiger partial charge on any atom is -0.489 e. The predicted octanol–water partition coefficient (Wildman–Crippen LogP) is 1.76. The lowest BCUT2D eigenvalue weighted by Gasteiger charge is -2.09. The predicted molar refractivity (Wildman–Crippen MR) is 116 cm³/mol. The van der Waals surface area contributed by atoms with E-state index in [1.165, 1.54) is 24.5 Å². The van der Waals surface area contributed by atoms with Crippen LogP contribution in [0.1, 0.15) is 16.1 Å². The summed E-state index contributed by atoms with van der Waals surface area (Å²) in [6.45, 7) is -0.265. The molecule has 2 amide bonds. The first-order valence-corrected chi connectivity index (χ1v) is 9.59. The van der Waals surface area contributed by atoms with E-state index in [2.05, 4.69) is 20.8 Å². The molecule has 2 aromatic carbocycles. The molecular weight excluding hydrogens is 416 g/mol. The Morgan fingerprint density at radius 2 is 1.72 bits per heavy atom. The number of carbonyl (C=O) groups excluding carboxylic acids is 2. The number of nitrogens with one attached hydrogen (secondary N) is 4. The van der Waals surface area contributed by atoms with Crippen molar-refractivity contribution in [2.75, 3.05) is 11.9 Å². The summed E-state index contributed by atoms with van der Waals surface area (Å²) in [5.74, 6) is -0.506. The number of rotatable bonds is 7. The number of amides is 2. The van der Waals surface area contributed by atoms with Crippen LogP contribution in [0.25, 0.3) is 10.8 Å². The van der Waals surface area contributed by atoms with Gasteiger partial charge in [-0.3, -0.25) is 29.4 Å². The molecule has 0 atom stereocenters. The highest BCUT2D eigenvalue weighted by atomic mass is 16.5. The Morgan fingerprint density at radius 3 is 2.53 bits per heavy atom. The van der Waals surface area contributed by atoms with Gasteiger partial charge in [0.2, 0.25) is 5.91 Å². The van der Waals surface area contributed by atoms with Crippen molar-refractivity contribution >= 4 is 28.3 Å². The molecule has 0 radical (unpaired) electrons. The summed E-state index contributed by atoms with van der Waals surface area (Å²) in [6.07, 6.45) is 1.36. The standard InChI is InChI=1S/C22H18N4O6/c27-17(24-16-8-4-7-15-18(16)21(29)26-25-20(15)28)11-23-22(30)19-13(9-10-31-19)12-32-14-5-2-1-3-6-14/h1-10H,11-12H2,(H,23,30)(H,24,27)(H,25,28)(H,26,29). The van der Waals surface area contributed by atoms with Gasteiger partial charge in [0, 0.05) is 5.56 Å². The highest BCUT2D eigenvalue weighted by Crippen LogP contribution is 2.17. The van der Waals surface area contributed by atoms with E-state index in [-0.39, 0.29) is 35.4 Å². The zero-order valence-electron chi connectivity index (χ0n) is 16.6. The molecular formula is C22H18N4O6. The fraction of sp³-hybridized carbons (Fsp3) is 0.0909. The van der Waals surface area contributed by atoms with E-state index in [4.69, 9.17) is 9.15 Å². The van der Waals surface area contributed by atoms with Crippen LogP contribution in [0.2, 0.25) is 0 Å². The molecule has 10 nitrogen and oxygen atoms in total. The van der Waals surface area contributed by atoms with Crippen molar-refractivity contribution in [3.63, 3.8) is 0 Å². The van der Waals surface area contributed by atoms with Crippen LogP contribution in [0.15, 0.2) is 74.9 Å². The number of H-pyrrole nitrogens is 2. The average Bonchev–Trinajstić information content (AvgIpc) is 3.28. The van der Waals surface area contributed by atoms with Crippen molar-refractivity contribution in [1.82, 2.24) is 15.5 Å². The number of hydrogen-bond acceptors (Lipinski definition) is 6. The molecule has 0 saturated heterocycles. The monoisotopic (exact) mass is 434 g/mol. The maximum Gasteiger partial charge on any atom is 0.287 e. The molecule has 0 fully saturated rings. The van der Waals surface area contributed by atoms with E-state index in [0.29, 0.717) is 11.3 Å². The highest BCUT2D eigenvalue weighted by Gasteiger charge is 2.17. The minimum atomic E-state index is -0.593. The molecule has 4 N–H and O–H groups in total. The fourth-order valence-corrected chi connectivity index (χ4v) is 3.10. The molecule has 162 valence electrons. The van der Waals surface area contributed by atoms with E-state index in [1.54, 1.807) is 18.2 Å². The summed E-state index contributed by atoms with van der Waals surface area (Å²) in [5, 5.41) is 9.61. The van der Waals surface area contributed by atoms with Crippen LogP contribution in [0.5, 0.6) is 5.75 Å². The van der Waals surface area contributed by atoms with Crippen LogP contribution < -0.4 is 26.5 Å². The van der Waals surface area contributed by atoms with Gasteiger partial charge in [-0.05, 0) is 30.3 Å². The number of benzene rings is 2. The highest BCUT2D eigenvalue weighted by molar-refractivity contribution is 6.03. The number of ether oxygens (including phenoxy) is 1. The number of para-hydroxylation sites is 1. The van der Waals surface area contributed by atoms with E-state index in [1.807, 2.05) is 18.2 Å². The normalized spacial score (nSPS) is 10.6. The molecule has 32 heavy (non-hydrogen) atoms. The molecule has 2 aromatic heterocycles. The molecule has 2 heterocycles. The van der Waals surface area contributed by atoms with Crippen LogP contribution in [0.4, 0.5) is 5.69 Å². The first-order chi connectivity index (χ1) is 15.5. The van der Waals surface area contributed by atoms with Crippen LogP contribution in [-0.2, 0) is 11.4 Å². The van der Waals surface area contributed by atoms with Gasteiger partial charge in [0.15, 0.2) is 5.76 Å². The molecule has 0 aliphatic rings. The molecule has 0 aliphatic carbocycles. The van der Waals surface area contributed by atoms with Gasteiger partial charge < -0.3 is 19.8 Å². The number of aromatic amines is 2. The SMILES string of the molecule is O=C(CNC(=O)c1occc1COc1ccccc1)Nc1cccc2c(=O)[nH][nH]c(=O)c12. The van der Waals surface area contributed by atoms with E-state index < -0.39 is 22.9 Å². The Balaban J connectivity index is 1.39. The average molecular weight is 434 g/mol. The maximum absolute atomic E-state index is 12.5. The smallest absolute Gasteiger partial charge is 0.287 e. The lowest BCUT2D eigenvalue weighted by molar-refractivity contribution is -0.115. The number of aromatic nitrogens is 2. The van der Waals surface area contributed by atoms with Gasteiger partial charge >= 0.3 is 0 Å². The summed E-state index contributed by atoms with van der Waals surface area (Å²) in [4.78, 5) is 48.8. The quantitative estimate of drug-likeness (QED) is 0.349. The van der Waals surface area contributed by atoms with Crippen LogP contribution >= 0.6 is 0 Å². The van der Waals surface area contributed by atoms with Crippen LogP contribution in [0, 0.1) is 0 Å². The second-order valence-corrected chi connectivity index (χ2v) is 6.74. The first kappa shape index (κ1) is 20.7. The van der Waals surface area contributed by atoms with Gasteiger partial charge in [0.1, 0.15) is 12.4 Å². The molecule has 4 rings (SSSR count). The van der Waals surface area contributed by atoms with Gasteiger partial charge in [0.05, 0.1) is 29.3 Å². The Bertz CT molecular complexity index is 1390. The van der Waals surface area contributed by atoms with E-state index >= 15 is 0 Å². The van der Waals surface area contributed by atoms with Crippen molar-refractivity contribution in [3.8, 4) is 5.75 Å². The first-order valence-electron chi connectivity index (χ1n) is 9.59. The summed E-state index contributed by atoms with van der Waals surface area (Å²) in [7, 11) is 0. The van der Waals surface area contributed by atoms with Crippen molar-refractivity contribution in [2.24, 2.45) is 0 Å². The van der Waals surface area contributed by atoms with Gasteiger partial charge in [-0.25, -0.2) is 0 Å². The second-order valence-electron chi connectivity index (χ2n) is 6.74. The summed E-state index contributed by atoms with van der Waals surface area (Å²) in [5.41, 5.74) is -0.374. The zero-order chi connectivity index (χ0) is 22.5. The summed E-state index contributed by atoms with van der Waals surface area (Å²) >= 11 is 0. The molecule has 0 unspecified atom stereocenters. The maximum atomic E-state index is 12.5. The Labute approximate surface area is 180 Å². The van der Waals surface area contributed by atoms with Gasteiger partial charge in [-0.1, -0.05) is 24.3 Å². The number of furan rings is 1. The van der Waals surface area contributed by atoms with E-state index in [0.717, 1.165) is 0 Å². The Morgan fingerprint density at radius 1 is 0.938 bits per heavy atom. The lowest BCUT2D eigenvalue weighted by atomic mass is 10.1. The molecule has 10 heteroatoms. The summed E-state index contributed by atoms with van der Waals surface area (Å²) < 4.78 is 10.9. The van der Waals surface area contributed by atoms with E-state index in [9.17, 15) is 19.2 Å². The Hall–Kier alpha value is -4.60. The fourth-order valence-electron chi connectivity index (χ4n) is 3.10.